The molecule has 0 bridgehead atoms. The number of nitrogens with zero attached hydrogens (tertiary/aromatic N) is 7. The fourth-order valence-electron chi connectivity index (χ4n) is 6.16. The fourth-order valence-corrected chi connectivity index (χ4v) is 8.17. The number of carbonyl (C=O) groups is 3. The van der Waals surface area contributed by atoms with Gasteiger partial charge in [-0.3, -0.25) is 33.3 Å². The zero-order valence-electron chi connectivity index (χ0n) is 37.9. The molecule has 3 heterocycles. The summed E-state index contributed by atoms with van der Waals surface area (Å²) < 4.78 is 60.9. The van der Waals surface area contributed by atoms with E-state index in [-0.39, 0.29) is 65.1 Å². The molecule has 0 amide bonds. The Hall–Kier alpha value is -5.86. The number of carboxylic acid groups (broad SMARTS) is 3. The van der Waals surface area contributed by atoms with Crippen LogP contribution >= 0.6 is 16.1 Å². The first kappa shape index (κ1) is 53.8. The quantitative estimate of drug-likeness (QED) is 0.0366. The van der Waals surface area contributed by atoms with E-state index in [0.29, 0.717) is 77.1 Å². The summed E-state index contributed by atoms with van der Waals surface area (Å²) in [5, 5.41) is 37.4. The van der Waals surface area contributed by atoms with Crippen LogP contribution in [0.15, 0.2) is 48.8 Å². The van der Waals surface area contributed by atoms with Gasteiger partial charge in [0.1, 0.15) is 24.7 Å². The van der Waals surface area contributed by atoms with Crippen molar-refractivity contribution in [3.8, 4) is 46.8 Å². The van der Waals surface area contributed by atoms with Crippen molar-refractivity contribution in [1.29, 1.82) is 0 Å². The lowest BCUT2D eigenvalue weighted by atomic mass is 10.1. The molecule has 0 saturated heterocycles. The standard InChI is InChI=1S/C44H57N7O14P2/c1-5-64-66(58)31-48(29-43(54)55)27-36-15-17-50(46-36)40-23-33(24-41(45-40)51-18-16-37(47-51)28-49(30-44(56)57)32-67(59)65-6-2)13-14-35-26-38(62-21-19-60-3)34(25-39(35)63-22-20-61-4)11-9-7-8-10-12-42(52)53/h15-18,23-26,66-67H,5-8,10,12,19-22,27-32H2,1-4H3,(H,52,53)(H,54,55)(H,56,57). The van der Waals surface area contributed by atoms with Gasteiger partial charge in [-0.25, -0.2) is 14.3 Å². The molecule has 0 aliphatic heterocycles. The Bertz CT molecular complexity index is 2340. The summed E-state index contributed by atoms with van der Waals surface area (Å²) >= 11 is 0. The third-order valence-corrected chi connectivity index (χ3v) is 11.7. The first-order valence-corrected chi connectivity index (χ1v) is 24.3. The second kappa shape index (κ2) is 29.0. The van der Waals surface area contributed by atoms with Crippen molar-refractivity contribution >= 4 is 34.0 Å². The summed E-state index contributed by atoms with van der Waals surface area (Å²) in [5.74, 6) is 11.0. The predicted molar refractivity (Wildman–Crippen MR) is 246 cm³/mol. The van der Waals surface area contributed by atoms with Gasteiger partial charge in [-0.2, -0.15) is 10.2 Å². The van der Waals surface area contributed by atoms with E-state index in [4.69, 9.17) is 38.1 Å². The molecule has 4 aromatic rings. The highest BCUT2D eigenvalue weighted by molar-refractivity contribution is 7.39. The molecule has 23 heteroatoms. The van der Waals surface area contributed by atoms with Crippen LogP contribution in [-0.4, -0.2) is 147 Å². The number of benzene rings is 1. The molecule has 3 aromatic heterocycles. The minimum absolute atomic E-state index is 0.0475. The van der Waals surface area contributed by atoms with Crippen molar-refractivity contribution in [2.45, 2.75) is 52.6 Å². The third kappa shape index (κ3) is 19.5. The van der Waals surface area contributed by atoms with Gasteiger partial charge in [0.25, 0.3) is 0 Å². The molecule has 362 valence electrons. The van der Waals surface area contributed by atoms with Crippen LogP contribution in [0, 0.1) is 23.7 Å². The molecule has 4 rings (SSSR count). The number of ether oxygens (including phenoxy) is 4. The van der Waals surface area contributed by atoms with Crippen LogP contribution < -0.4 is 9.47 Å². The van der Waals surface area contributed by atoms with Crippen molar-refractivity contribution in [3.05, 3.63) is 76.9 Å². The van der Waals surface area contributed by atoms with Gasteiger partial charge >= 0.3 is 17.9 Å². The lowest BCUT2D eigenvalue weighted by Gasteiger charge is -2.18. The highest BCUT2D eigenvalue weighted by atomic mass is 31.1. The largest absolute Gasteiger partial charge is 0.490 e. The van der Waals surface area contributed by atoms with Gasteiger partial charge in [-0.05, 0) is 51.0 Å². The van der Waals surface area contributed by atoms with E-state index in [1.165, 1.54) is 19.2 Å². The van der Waals surface area contributed by atoms with Crippen LogP contribution in [0.4, 0.5) is 0 Å². The van der Waals surface area contributed by atoms with Crippen LogP contribution in [0.2, 0.25) is 0 Å². The SMILES string of the molecule is CCO[PH](=O)CN(CC(=O)O)Cc1ccn(-c2cc(C#Cc3cc(OCCOC)c(C#CCCCCC(=O)O)cc3OCCOC)cc(-n3ccc(CN(CC(=O)O)C[PH](=O)OCC)n3)n2)n1. The van der Waals surface area contributed by atoms with Gasteiger partial charge in [0.05, 0.1) is 74.6 Å². The number of hydrogen-bond donors (Lipinski definition) is 3. The summed E-state index contributed by atoms with van der Waals surface area (Å²) in [6.07, 6.45) is 4.74. The Kier molecular flexibility index (Phi) is 23.3. The van der Waals surface area contributed by atoms with Gasteiger partial charge < -0.3 is 43.3 Å². The number of methoxy groups -OCH3 is 2. The van der Waals surface area contributed by atoms with E-state index in [1.807, 2.05) is 0 Å². The monoisotopic (exact) mass is 969 g/mol. The second-order valence-corrected chi connectivity index (χ2v) is 17.1. The van der Waals surface area contributed by atoms with Crippen LogP contribution in [0.3, 0.4) is 0 Å². The molecule has 2 atom stereocenters. The van der Waals surface area contributed by atoms with Crippen molar-refractivity contribution in [3.63, 3.8) is 0 Å². The Labute approximate surface area is 390 Å². The van der Waals surface area contributed by atoms with Crippen molar-refractivity contribution < 1.29 is 66.8 Å². The average Bonchev–Trinajstić information content (AvgIpc) is 3.94. The molecule has 0 radical (unpaired) electrons. The number of rotatable bonds is 30. The maximum Gasteiger partial charge on any atom is 0.317 e. The summed E-state index contributed by atoms with van der Waals surface area (Å²) in [6.45, 7) is 4.16. The number of aliphatic carboxylic acids is 3. The highest BCUT2D eigenvalue weighted by Gasteiger charge is 2.19. The average molecular weight is 970 g/mol. The lowest BCUT2D eigenvalue weighted by Crippen LogP contribution is -2.29. The zero-order valence-corrected chi connectivity index (χ0v) is 39.9. The first-order chi connectivity index (χ1) is 32.3. The maximum absolute atomic E-state index is 12.5. The molecular formula is C44H57N7O14P2. The van der Waals surface area contributed by atoms with E-state index in [9.17, 15) is 33.7 Å². The smallest absolute Gasteiger partial charge is 0.317 e. The molecule has 0 aliphatic rings. The fraction of sp³-hybridized carbons (Fsp3) is 0.455. The Morgan fingerprint density at radius 2 is 1.16 bits per heavy atom. The molecule has 0 aliphatic carbocycles. The zero-order chi connectivity index (χ0) is 48.6. The van der Waals surface area contributed by atoms with E-state index in [1.54, 1.807) is 76.9 Å². The second-order valence-electron chi connectivity index (χ2n) is 14.4. The minimum atomic E-state index is -2.53. The third-order valence-electron chi connectivity index (χ3n) is 9.04. The molecule has 0 spiro atoms. The highest BCUT2D eigenvalue weighted by Crippen LogP contribution is 2.30. The molecule has 0 saturated carbocycles. The number of aromatic nitrogens is 5. The number of pyridine rings is 1. The van der Waals surface area contributed by atoms with Crippen LogP contribution in [-0.2, 0) is 55.1 Å². The Balaban J connectivity index is 1.81. The first-order valence-electron chi connectivity index (χ1n) is 21.3. The summed E-state index contributed by atoms with van der Waals surface area (Å²) in [4.78, 5) is 42.0. The van der Waals surface area contributed by atoms with Crippen molar-refractivity contribution in [2.24, 2.45) is 0 Å². The number of carboxylic acids is 3. The molecule has 2 unspecified atom stereocenters. The normalized spacial score (nSPS) is 12.0. The Morgan fingerprint density at radius 3 is 1.61 bits per heavy atom. The summed E-state index contributed by atoms with van der Waals surface area (Å²) in [6, 6.07) is 10.2. The van der Waals surface area contributed by atoms with Crippen molar-refractivity contribution in [1.82, 2.24) is 34.3 Å². The van der Waals surface area contributed by atoms with E-state index >= 15 is 0 Å². The van der Waals surface area contributed by atoms with E-state index in [2.05, 4.69) is 33.9 Å². The predicted octanol–water partition coefficient (Wildman–Crippen LogP) is 4.61. The molecule has 3 N–H and O–H groups in total. The van der Waals surface area contributed by atoms with Crippen LogP contribution in [0.25, 0.3) is 11.6 Å². The molecule has 21 nitrogen and oxygen atoms in total. The lowest BCUT2D eigenvalue weighted by molar-refractivity contribution is -0.139. The number of unbranched alkanes of at least 4 members (excludes halogenated alkanes) is 2. The van der Waals surface area contributed by atoms with Gasteiger partial charge in [0, 0.05) is 70.2 Å². The van der Waals surface area contributed by atoms with Gasteiger partial charge in [-0.1, -0.05) is 23.7 Å². The van der Waals surface area contributed by atoms with Gasteiger partial charge in [-0.15, -0.1) is 0 Å². The molecule has 67 heavy (non-hydrogen) atoms. The topological polar surface area (TPSA) is 256 Å². The van der Waals surface area contributed by atoms with Gasteiger partial charge in [0.15, 0.2) is 11.6 Å². The molecule has 1 aromatic carbocycles. The van der Waals surface area contributed by atoms with Crippen LogP contribution in [0.5, 0.6) is 11.5 Å². The summed E-state index contributed by atoms with van der Waals surface area (Å²) in [7, 11) is -1.96. The maximum atomic E-state index is 12.5. The van der Waals surface area contributed by atoms with E-state index < -0.39 is 47.1 Å². The molecule has 0 fully saturated rings. The molecular weight excluding hydrogens is 912 g/mol. The summed E-state index contributed by atoms with van der Waals surface area (Å²) in [5.41, 5.74) is 2.36. The minimum Gasteiger partial charge on any atom is -0.490 e. The van der Waals surface area contributed by atoms with E-state index in [0.717, 1.165) is 0 Å². The Morgan fingerprint density at radius 1 is 0.672 bits per heavy atom. The van der Waals surface area contributed by atoms with Gasteiger partial charge in [0.2, 0.25) is 16.1 Å². The van der Waals surface area contributed by atoms with Crippen LogP contribution in [0.1, 0.15) is 67.6 Å². The number of hydrogen-bond acceptors (Lipinski definition) is 16. The van der Waals surface area contributed by atoms with Crippen molar-refractivity contribution in [2.75, 3.05) is 79.5 Å².